The van der Waals surface area contributed by atoms with Crippen molar-refractivity contribution in [3.05, 3.63) is 70.4 Å². The molecule has 5 nitrogen and oxygen atoms in total. The molecule has 29 heavy (non-hydrogen) atoms. The Hall–Kier alpha value is -2.57. The van der Waals surface area contributed by atoms with Crippen LogP contribution in [0.4, 0.5) is 0 Å². The number of hydrogen-bond donors (Lipinski definition) is 2. The average Bonchev–Trinajstić information content (AvgIpc) is 3.18. The van der Waals surface area contributed by atoms with E-state index in [1.54, 1.807) is 0 Å². The quantitative estimate of drug-likeness (QED) is 0.611. The van der Waals surface area contributed by atoms with Crippen LogP contribution in [0.25, 0.3) is 11.7 Å². The van der Waals surface area contributed by atoms with Crippen LogP contribution in [-0.2, 0) is 11.2 Å². The summed E-state index contributed by atoms with van der Waals surface area (Å²) in [6.07, 6.45) is 8.03. The summed E-state index contributed by atoms with van der Waals surface area (Å²) in [7, 11) is 0. The van der Waals surface area contributed by atoms with E-state index in [0.29, 0.717) is 12.6 Å². The molecule has 5 rings (SSSR count). The molecule has 0 saturated heterocycles. The number of hydrogen-bond acceptors (Lipinski definition) is 4. The Labute approximate surface area is 174 Å². The van der Waals surface area contributed by atoms with Crippen molar-refractivity contribution in [2.45, 2.75) is 36.8 Å². The number of unbranched alkanes of at least 4 members (excludes halogenated alkanes) is 1. The second-order valence-corrected chi connectivity index (χ2v) is 8.62. The number of pyridine rings is 1. The molecule has 2 aliphatic rings. The zero-order chi connectivity index (χ0) is 19.6. The van der Waals surface area contributed by atoms with Gasteiger partial charge in [0, 0.05) is 12.6 Å². The second kappa shape index (κ2) is 8.05. The third-order valence-electron chi connectivity index (χ3n) is 5.66. The number of fused-ring (bicyclic) bond motifs is 1. The molecule has 0 bridgehead atoms. The van der Waals surface area contributed by atoms with Gasteiger partial charge >= 0.3 is 0 Å². The number of nitrogens with zero attached hydrogens (tertiary/aromatic N) is 2. The van der Waals surface area contributed by atoms with Gasteiger partial charge < -0.3 is 10.6 Å². The largest absolute Gasteiger partial charge is 0.352 e. The fourth-order valence-corrected chi connectivity index (χ4v) is 5.22. The zero-order valence-electron chi connectivity index (χ0n) is 16.2. The van der Waals surface area contributed by atoms with E-state index in [2.05, 4.69) is 44.3 Å². The maximum absolute atomic E-state index is 12.6. The lowest BCUT2D eigenvalue weighted by molar-refractivity contribution is -0.116. The van der Waals surface area contributed by atoms with Gasteiger partial charge in [0.1, 0.15) is 5.65 Å². The van der Waals surface area contributed by atoms with Crippen LogP contribution in [0.3, 0.4) is 0 Å². The van der Waals surface area contributed by atoms with Crippen LogP contribution in [0.2, 0.25) is 0 Å². The summed E-state index contributed by atoms with van der Waals surface area (Å²) in [5.74, 6) is 0.000546. The minimum Gasteiger partial charge on any atom is -0.352 e. The van der Waals surface area contributed by atoms with Gasteiger partial charge in [-0.3, -0.25) is 9.20 Å². The van der Waals surface area contributed by atoms with Gasteiger partial charge in [0.2, 0.25) is 0 Å². The topological polar surface area (TPSA) is 58.4 Å². The highest BCUT2D eigenvalue weighted by molar-refractivity contribution is 8.04. The third-order valence-corrected chi connectivity index (χ3v) is 6.71. The van der Waals surface area contributed by atoms with Crippen molar-refractivity contribution >= 4 is 29.4 Å². The van der Waals surface area contributed by atoms with Crippen molar-refractivity contribution in [3.8, 4) is 0 Å². The van der Waals surface area contributed by atoms with E-state index >= 15 is 0 Å². The molecule has 1 atom stereocenters. The summed E-state index contributed by atoms with van der Waals surface area (Å²) in [5, 5.41) is 7.75. The molecule has 4 heterocycles. The molecule has 6 heteroatoms. The number of nitrogens with one attached hydrogen (secondary N) is 2. The highest BCUT2D eigenvalue weighted by Crippen LogP contribution is 2.34. The lowest BCUT2D eigenvalue weighted by Crippen LogP contribution is -2.30. The van der Waals surface area contributed by atoms with Gasteiger partial charge in [-0.05, 0) is 61.6 Å². The molecule has 1 unspecified atom stereocenters. The minimum absolute atomic E-state index is 0.000546. The standard InChI is InChI=1S/C23H24N4OS/c28-23(20-14-17-15-26-21-9-5-10-22(29-20)27(17)21)25-12-4-3-8-19-18-7-2-1-6-16(18)11-13-24-19/h1-2,5-7,9-10,14-15,19,24H,3-4,8,11-13H2,(H,25,28). The van der Waals surface area contributed by atoms with Crippen LogP contribution in [-0.4, -0.2) is 28.4 Å². The molecule has 2 N–H and O–H groups in total. The summed E-state index contributed by atoms with van der Waals surface area (Å²) in [6, 6.07) is 15.2. The van der Waals surface area contributed by atoms with Crippen molar-refractivity contribution < 1.29 is 4.79 Å². The first-order valence-electron chi connectivity index (χ1n) is 10.2. The molecule has 2 aliphatic heterocycles. The number of carbonyl (C=O) groups is 1. The van der Waals surface area contributed by atoms with Gasteiger partial charge in [0.05, 0.1) is 21.8 Å². The fraction of sp³-hybridized carbons (Fsp3) is 0.304. The molecular weight excluding hydrogens is 380 g/mol. The van der Waals surface area contributed by atoms with Crippen molar-refractivity contribution in [1.29, 1.82) is 0 Å². The highest BCUT2D eigenvalue weighted by Gasteiger charge is 2.20. The average molecular weight is 405 g/mol. The summed E-state index contributed by atoms with van der Waals surface area (Å²) in [4.78, 5) is 17.8. The molecule has 0 radical (unpaired) electrons. The van der Waals surface area contributed by atoms with Crippen LogP contribution in [0.1, 0.15) is 42.1 Å². The number of rotatable bonds is 6. The smallest absolute Gasteiger partial charge is 0.258 e. The molecule has 0 fully saturated rings. The monoisotopic (exact) mass is 404 g/mol. The van der Waals surface area contributed by atoms with Crippen molar-refractivity contribution in [1.82, 2.24) is 20.0 Å². The second-order valence-electron chi connectivity index (χ2n) is 7.56. The predicted molar refractivity (Wildman–Crippen MR) is 117 cm³/mol. The van der Waals surface area contributed by atoms with E-state index in [9.17, 15) is 4.79 Å². The maximum atomic E-state index is 12.6. The molecule has 0 spiro atoms. The first kappa shape index (κ1) is 18.5. The Balaban J connectivity index is 1.13. The van der Waals surface area contributed by atoms with Gasteiger partial charge in [-0.25, -0.2) is 4.98 Å². The van der Waals surface area contributed by atoms with Crippen LogP contribution >= 0.6 is 11.8 Å². The Morgan fingerprint density at radius 1 is 1.21 bits per heavy atom. The van der Waals surface area contributed by atoms with Crippen molar-refractivity contribution in [2.24, 2.45) is 0 Å². The van der Waals surface area contributed by atoms with E-state index in [4.69, 9.17) is 0 Å². The zero-order valence-corrected chi connectivity index (χ0v) is 17.0. The number of aromatic nitrogens is 2. The number of thioether (sulfide) groups is 1. The van der Waals surface area contributed by atoms with Crippen LogP contribution < -0.4 is 10.6 Å². The number of amides is 1. The molecule has 3 aromatic rings. The third kappa shape index (κ3) is 3.70. The van der Waals surface area contributed by atoms with E-state index in [-0.39, 0.29) is 5.91 Å². The lowest BCUT2D eigenvalue weighted by atomic mass is 9.91. The summed E-state index contributed by atoms with van der Waals surface area (Å²) in [6.45, 7) is 1.75. The number of benzene rings is 1. The van der Waals surface area contributed by atoms with Crippen LogP contribution in [0.15, 0.2) is 58.6 Å². The van der Waals surface area contributed by atoms with Crippen LogP contribution in [0, 0.1) is 0 Å². The summed E-state index contributed by atoms with van der Waals surface area (Å²) < 4.78 is 2.08. The fourth-order valence-electron chi connectivity index (χ4n) is 4.21. The van der Waals surface area contributed by atoms with Gasteiger partial charge in [-0.15, -0.1) is 0 Å². The Morgan fingerprint density at radius 3 is 3.10 bits per heavy atom. The molecule has 0 aliphatic carbocycles. The molecule has 1 aromatic carbocycles. The Morgan fingerprint density at radius 2 is 2.14 bits per heavy atom. The van der Waals surface area contributed by atoms with E-state index < -0.39 is 0 Å². The molecule has 1 amide bonds. The number of carbonyl (C=O) groups excluding carboxylic acids is 1. The molecular formula is C23H24N4OS. The Bertz CT molecular complexity index is 1090. The normalized spacial score (nSPS) is 17.7. The summed E-state index contributed by atoms with van der Waals surface area (Å²) in [5.41, 5.74) is 4.79. The van der Waals surface area contributed by atoms with Gasteiger partial charge in [0.25, 0.3) is 5.91 Å². The minimum atomic E-state index is 0.000546. The maximum Gasteiger partial charge on any atom is 0.258 e. The van der Waals surface area contributed by atoms with Crippen molar-refractivity contribution in [3.63, 3.8) is 0 Å². The first-order valence-corrected chi connectivity index (χ1v) is 11.1. The molecule has 148 valence electrons. The van der Waals surface area contributed by atoms with Crippen LogP contribution in [0.5, 0.6) is 0 Å². The molecule has 0 saturated carbocycles. The lowest BCUT2D eigenvalue weighted by Gasteiger charge is -2.27. The van der Waals surface area contributed by atoms with E-state index in [1.807, 2.05) is 30.5 Å². The SMILES string of the molecule is O=C(NCCCCC1NCCc2ccccc21)C1=Cc2cnc3cccc(n23)S1. The molecule has 2 aromatic heterocycles. The van der Waals surface area contributed by atoms with E-state index in [0.717, 1.165) is 53.5 Å². The van der Waals surface area contributed by atoms with Gasteiger partial charge in [0.15, 0.2) is 0 Å². The highest BCUT2D eigenvalue weighted by atomic mass is 32.2. The van der Waals surface area contributed by atoms with E-state index in [1.165, 1.54) is 22.9 Å². The first-order chi connectivity index (χ1) is 14.3. The Kier molecular flexibility index (Phi) is 5.12. The van der Waals surface area contributed by atoms with Gasteiger partial charge in [-0.2, -0.15) is 0 Å². The van der Waals surface area contributed by atoms with Gasteiger partial charge in [-0.1, -0.05) is 42.1 Å². The summed E-state index contributed by atoms with van der Waals surface area (Å²) >= 11 is 1.50. The predicted octanol–water partition coefficient (Wildman–Crippen LogP) is 3.95. The number of imidazole rings is 1. The van der Waals surface area contributed by atoms with Crippen molar-refractivity contribution in [2.75, 3.05) is 13.1 Å².